The van der Waals surface area contributed by atoms with Crippen LogP contribution >= 0.6 is 11.8 Å². The SMILES string of the molecule is COC1=CC2SC3=c4ccc(OC)cc4=C(c4ccc(OCCN5CCCC5)cc4)C3=C2C=C1. The van der Waals surface area contributed by atoms with Crippen LogP contribution in [0.1, 0.15) is 18.4 Å². The van der Waals surface area contributed by atoms with Gasteiger partial charge in [0, 0.05) is 17.0 Å². The number of fused-ring (bicyclic) bond motifs is 3. The van der Waals surface area contributed by atoms with Crippen LogP contribution in [0.25, 0.3) is 10.5 Å². The number of methoxy groups -OCH3 is 2. The Labute approximate surface area is 204 Å². The van der Waals surface area contributed by atoms with E-state index in [0.717, 1.165) is 30.4 Å². The lowest BCUT2D eigenvalue weighted by molar-refractivity contribution is 0.238. The lowest BCUT2D eigenvalue weighted by atomic mass is 9.92. The number of allylic oxidation sites excluding steroid dienone is 2. The van der Waals surface area contributed by atoms with Gasteiger partial charge in [-0.05, 0) is 95.6 Å². The number of rotatable bonds is 7. The third-order valence-corrected chi connectivity index (χ3v) is 8.36. The summed E-state index contributed by atoms with van der Waals surface area (Å²) in [5.74, 6) is 2.74. The van der Waals surface area contributed by atoms with Crippen molar-refractivity contribution < 1.29 is 14.2 Å². The van der Waals surface area contributed by atoms with E-state index < -0.39 is 0 Å². The summed E-state index contributed by atoms with van der Waals surface area (Å²) < 4.78 is 17.1. The van der Waals surface area contributed by atoms with Crippen LogP contribution in [0.15, 0.2) is 77.6 Å². The fourth-order valence-corrected chi connectivity index (χ4v) is 6.72. The molecule has 0 radical (unpaired) electrons. The number of benzene rings is 2. The van der Waals surface area contributed by atoms with Crippen LogP contribution in [0, 0.1) is 0 Å². The zero-order valence-corrected chi connectivity index (χ0v) is 20.5. The fraction of sp³-hybridized carbons (Fsp3) is 0.310. The van der Waals surface area contributed by atoms with E-state index in [1.54, 1.807) is 14.2 Å². The van der Waals surface area contributed by atoms with Crippen molar-refractivity contribution in [3.8, 4) is 11.5 Å². The normalized spacial score (nSPS) is 20.9. The molecule has 1 unspecified atom stereocenters. The molecule has 174 valence electrons. The average Bonchev–Trinajstić information content (AvgIpc) is 3.59. The Morgan fingerprint density at radius 1 is 0.882 bits per heavy atom. The van der Waals surface area contributed by atoms with E-state index in [9.17, 15) is 0 Å². The predicted octanol–water partition coefficient (Wildman–Crippen LogP) is 4.00. The first-order valence-corrected chi connectivity index (χ1v) is 12.9. The molecule has 5 heteroatoms. The van der Waals surface area contributed by atoms with Crippen molar-refractivity contribution in [1.82, 2.24) is 4.90 Å². The summed E-state index contributed by atoms with van der Waals surface area (Å²) in [6.07, 6.45) is 9.13. The summed E-state index contributed by atoms with van der Waals surface area (Å²) in [7, 11) is 3.46. The van der Waals surface area contributed by atoms with Gasteiger partial charge in [0.25, 0.3) is 0 Å². The van der Waals surface area contributed by atoms with Crippen LogP contribution in [0.3, 0.4) is 0 Å². The quantitative estimate of drug-likeness (QED) is 0.609. The second-order valence-electron chi connectivity index (χ2n) is 9.01. The standard InChI is InChI=1S/C29H29NO3S/c1-31-21-9-11-23-25(17-21)27(28-24-12-10-22(32-2)18-26(24)34-29(23)28)19-5-7-20(8-6-19)33-16-15-30-13-3-4-14-30/h5-12,17-18,26H,3-4,13-16H2,1-2H3. The average molecular weight is 472 g/mol. The Hall–Kier alpha value is -2.89. The first kappa shape index (κ1) is 21.6. The summed E-state index contributed by atoms with van der Waals surface area (Å²) in [4.78, 5) is 3.82. The molecule has 1 saturated heterocycles. The molecule has 2 aromatic carbocycles. The van der Waals surface area contributed by atoms with Crippen molar-refractivity contribution in [2.45, 2.75) is 18.1 Å². The molecule has 4 nitrogen and oxygen atoms in total. The number of nitrogens with zero attached hydrogens (tertiary/aromatic N) is 1. The van der Waals surface area contributed by atoms with Gasteiger partial charge in [-0.15, -0.1) is 11.8 Å². The van der Waals surface area contributed by atoms with Crippen molar-refractivity contribution in [2.24, 2.45) is 0 Å². The van der Waals surface area contributed by atoms with E-state index in [4.69, 9.17) is 14.2 Å². The van der Waals surface area contributed by atoms with Gasteiger partial charge in [-0.2, -0.15) is 0 Å². The second kappa shape index (κ2) is 9.05. The van der Waals surface area contributed by atoms with E-state index in [1.807, 2.05) is 11.8 Å². The van der Waals surface area contributed by atoms with Gasteiger partial charge in [0.1, 0.15) is 23.9 Å². The Balaban J connectivity index is 1.36. The molecule has 2 aliphatic carbocycles. The second-order valence-corrected chi connectivity index (χ2v) is 10.2. The molecule has 0 saturated carbocycles. The van der Waals surface area contributed by atoms with Gasteiger partial charge in [0.2, 0.25) is 0 Å². The molecular formula is C29H29NO3S. The van der Waals surface area contributed by atoms with E-state index in [2.05, 4.69) is 65.6 Å². The zero-order valence-electron chi connectivity index (χ0n) is 19.7. The summed E-state index contributed by atoms with van der Waals surface area (Å²) in [6.45, 7) is 4.14. The van der Waals surface area contributed by atoms with Crippen LogP contribution in [0.2, 0.25) is 0 Å². The zero-order chi connectivity index (χ0) is 23.1. The molecule has 0 N–H and O–H groups in total. The Kier molecular flexibility index (Phi) is 5.75. The molecule has 0 bridgehead atoms. The summed E-state index contributed by atoms with van der Waals surface area (Å²) in [6, 6.07) is 15.0. The highest BCUT2D eigenvalue weighted by Gasteiger charge is 2.35. The van der Waals surface area contributed by atoms with Crippen molar-refractivity contribution >= 4 is 22.2 Å². The van der Waals surface area contributed by atoms with Crippen molar-refractivity contribution in [2.75, 3.05) is 40.5 Å². The number of hydrogen-bond acceptors (Lipinski definition) is 5. The first-order chi connectivity index (χ1) is 16.7. The smallest absolute Gasteiger partial charge is 0.119 e. The predicted molar refractivity (Wildman–Crippen MR) is 138 cm³/mol. The third kappa shape index (κ3) is 3.77. The highest BCUT2D eigenvalue weighted by atomic mass is 32.2. The highest BCUT2D eigenvalue weighted by Crippen LogP contribution is 2.51. The Morgan fingerprint density at radius 2 is 1.68 bits per heavy atom. The minimum Gasteiger partial charge on any atom is -0.497 e. The van der Waals surface area contributed by atoms with Crippen LogP contribution < -0.4 is 19.9 Å². The van der Waals surface area contributed by atoms with Gasteiger partial charge >= 0.3 is 0 Å². The molecule has 2 aromatic rings. The highest BCUT2D eigenvalue weighted by molar-refractivity contribution is 8.09. The summed E-state index contributed by atoms with van der Waals surface area (Å²) in [5.41, 5.74) is 5.16. The molecule has 0 amide bonds. The van der Waals surface area contributed by atoms with Crippen molar-refractivity contribution in [3.63, 3.8) is 0 Å². The minimum absolute atomic E-state index is 0.281. The van der Waals surface area contributed by atoms with E-state index >= 15 is 0 Å². The molecule has 4 aliphatic rings. The largest absolute Gasteiger partial charge is 0.497 e. The molecule has 34 heavy (non-hydrogen) atoms. The van der Waals surface area contributed by atoms with E-state index in [1.165, 1.54) is 63.6 Å². The van der Waals surface area contributed by atoms with E-state index in [0.29, 0.717) is 0 Å². The molecular weight excluding hydrogens is 442 g/mol. The third-order valence-electron chi connectivity index (χ3n) is 7.05. The molecule has 0 aromatic heterocycles. The van der Waals surface area contributed by atoms with Gasteiger partial charge in [-0.25, -0.2) is 0 Å². The first-order valence-electron chi connectivity index (χ1n) is 12.0. The number of likely N-dealkylation sites (tertiary alicyclic amines) is 1. The Morgan fingerprint density at radius 3 is 2.44 bits per heavy atom. The lowest BCUT2D eigenvalue weighted by Crippen LogP contribution is -2.25. The summed E-state index contributed by atoms with van der Waals surface area (Å²) >= 11 is 1.91. The number of hydrogen-bond donors (Lipinski definition) is 0. The minimum atomic E-state index is 0.281. The topological polar surface area (TPSA) is 30.9 Å². The van der Waals surface area contributed by atoms with Crippen LogP contribution in [0.5, 0.6) is 11.5 Å². The molecule has 0 spiro atoms. The maximum atomic E-state index is 6.06. The molecule has 2 heterocycles. The fourth-order valence-electron chi connectivity index (χ4n) is 5.30. The van der Waals surface area contributed by atoms with Gasteiger partial charge < -0.3 is 14.2 Å². The lowest BCUT2D eigenvalue weighted by Gasteiger charge is -2.16. The molecule has 1 fully saturated rings. The maximum Gasteiger partial charge on any atom is 0.119 e. The van der Waals surface area contributed by atoms with Crippen molar-refractivity contribution in [1.29, 1.82) is 0 Å². The van der Waals surface area contributed by atoms with Crippen LogP contribution in [-0.2, 0) is 4.74 Å². The van der Waals surface area contributed by atoms with Gasteiger partial charge in [0.05, 0.1) is 19.5 Å². The Bertz CT molecular complexity index is 1330. The van der Waals surface area contributed by atoms with Crippen molar-refractivity contribution in [3.05, 3.63) is 93.6 Å². The number of ether oxygens (including phenoxy) is 3. The number of thioether (sulfide) groups is 1. The van der Waals surface area contributed by atoms with E-state index in [-0.39, 0.29) is 5.25 Å². The van der Waals surface area contributed by atoms with Crippen LogP contribution in [-0.4, -0.2) is 50.6 Å². The molecule has 1 atom stereocenters. The van der Waals surface area contributed by atoms with Gasteiger partial charge in [0.15, 0.2) is 0 Å². The van der Waals surface area contributed by atoms with Gasteiger partial charge in [-0.1, -0.05) is 18.2 Å². The van der Waals surface area contributed by atoms with Gasteiger partial charge in [-0.3, -0.25) is 4.90 Å². The summed E-state index contributed by atoms with van der Waals surface area (Å²) in [5, 5.41) is 2.80. The monoisotopic (exact) mass is 471 g/mol. The molecule has 2 aliphatic heterocycles. The molecule has 6 rings (SSSR count). The maximum absolute atomic E-state index is 6.06. The van der Waals surface area contributed by atoms with Crippen LogP contribution in [0.4, 0.5) is 0 Å².